The lowest BCUT2D eigenvalue weighted by Gasteiger charge is -2.04. The van der Waals surface area contributed by atoms with Gasteiger partial charge in [0, 0.05) is 29.8 Å². The molecule has 0 aromatic carbocycles. The minimum absolute atomic E-state index is 0.233. The normalized spacial score (nSPS) is 11.2. The molecule has 0 atom stereocenters. The number of H-pyrrole nitrogens is 2. The van der Waals surface area contributed by atoms with Crippen LogP contribution in [0.25, 0.3) is 22.3 Å². The third-order valence-corrected chi connectivity index (χ3v) is 4.51. The predicted octanol–water partition coefficient (Wildman–Crippen LogP) is 2.86. The van der Waals surface area contributed by atoms with Crippen LogP contribution in [0.4, 0.5) is 5.69 Å². The van der Waals surface area contributed by atoms with Crippen molar-refractivity contribution in [3.63, 3.8) is 0 Å². The van der Waals surface area contributed by atoms with Crippen molar-refractivity contribution in [1.29, 1.82) is 0 Å². The third kappa shape index (κ3) is 2.65. The summed E-state index contributed by atoms with van der Waals surface area (Å²) in [5.74, 6) is -0.233. The molecule has 0 aliphatic rings. The van der Waals surface area contributed by atoms with Crippen molar-refractivity contribution in [2.45, 2.75) is 20.8 Å². The Morgan fingerprint density at radius 3 is 2.65 bits per heavy atom. The molecule has 1 amide bonds. The number of anilines is 1. The molecule has 132 valence electrons. The van der Waals surface area contributed by atoms with Gasteiger partial charge in [0.25, 0.3) is 5.91 Å². The molecule has 4 aromatic rings. The molecule has 0 aliphatic heterocycles. The fourth-order valence-electron chi connectivity index (χ4n) is 3.00. The number of fused-ring (bicyclic) bond motifs is 1. The van der Waals surface area contributed by atoms with Crippen LogP contribution in [0.3, 0.4) is 0 Å². The molecule has 0 bridgehead atoms. The zero-order valence-electron chi connectivity index (χ0n) is 15.0. The van der Waals surface area contributed by atoms with Crippen LogP contribution in [-0.4, -0.2) is 35.9 Å². The average molecular weight is 349 g/mol. The van der Waals surface area contributed by atoms with E-state index in [2.05, 4.69) is 30.6 Å². The fourth-order valence-corrected chi connectivity index (χ4v) is 3.00. The summed E-state index contributed by atoms with van der Waals surface area (Å²) in [7, 11) is 1.89. The smallest absolute Gasteiger partial charge is 0.273 e. The van der Waals surface area contributed by atoms with Crippen molar-refractivity contribution >= 4 is 22.6 Å². The molecular formula is C18H19N7O. The van der Waals surface area contributed by atoms with Gasteiger partial charge in [-0.3, -0.25) is 14.6 Å². The number of carbonyl (C=O) groups excluding carboxylic acids is 1. The highest BCUT2D eigenvalue weighted by Crippen LogP contribution is 2.26. The molecule has 0 saturated carbocycles. The van der Waals surface area contributed by atoms with E-state index in [1.54, 1.807) is 10.9 Å². The van der Waals surface area contributed by atoms with Gasteiger partial charge >= 0.3 is 0 Å². The van der Waals surface area contributed by atoms with Gasteiger partial charge in [-0.05, 0) is 32.9 Å². The molecule has 8 nitrogen and oxygen atoms in total. The zero-order chi connectivity index (χ0) is 18.4. The Morgan fingerprint density at radius 2 is 2.00 bits per heavy atom. The van der Waals surface area contributed by atoms with Crippen molar-refractivity contribution < 1.29 is 4.79 Å². The average Bonchev–Trinajstić information content (AvgIpc) is 3.25. The molecule has 0 unspecified atom stereocenters. The van der Waals surface area contributed by atoms with Gasteiger partial charge in [0.15, 0.2) is 0 Å². The quantitative estimate of drug-likeness (QED) is 0.529. The summed E-state index contributed by atoms with van der Waals surface area (Å²) in [6, 6.07) is 3.90. The SMILES string of the molecule is Cc1nn(C)cc1-c1cc2cc(NC(=O)c3[nH]nc(C)c3C)cnc2[nH]1. The van der Waals surface area contributed by atoms with Gasteiger partial charge < -0.3 is 10.3 Å². The first-order valence-electron chi connectivity index (χ1n) is 8.24. The fraction of sp³-hybridized carbons (Fsp3) is 0.222. The maximum Gasteiger partial charge on any atom is 0.273 e. The van der Waals surface area contributed by atoms with E-state index in [0.717, 1.165) is 39.2 Å². The van der Waals surface area contributed by atoms with E-state index in [1.807, 2.05) is 46.1 Å². The number of aromatic nitrogens is 6. The number of nitrogens with one attached hydrogen (secondary N) is 3. The molecule has 0 aliphatic carbocycles. The lowest BCUT2D eigenvalue weighted by molar-refractivity contribution is 0.102. The van der Waals surface area contributed by atoms with Crippen molar-refractivity contribution in [3.05, 3.63) is 47.2 Å². The summed E-state index contributed by atoms with van der Waals surface area (Å²) < 4.78 is 1.78. The minimum Gasteiger partial charge on any atom is -0.339 e. The van der Waals surface area contributed by atoms with Crippen molar-refractivity contribution in [3.8, 4) is 11.3 Å². The molecule has 8 heteroatoms. The van der Waals surface area contributed by atoms with Crippen molar-refractivity contribution in [2.75, 3.05) is 5.32 Å². The van der Waals surface area contributed by atoms with E-state index in [1.165, 1.54) is 0 Å². The summed E-state index contributed by atoms with van der Waals surface area (Å²) in [6.07, 6.45) is 3.60. The number of nitrogens with zero attached hydrogens (tertiary/aromatic N) is 4. The van der Waals surface area contributed by atoms with E-state index < -0.39 is 0 Å². The maximum absolute atomic E-state index is 12.4. The predicted molar refractivity (Wildman–Crippen MR) is 99.0 cm³/mol. The van der Waals surface area contributed by atoms with Gasteiger partial charge in [0.1, 0.15) is 11.3 Å². The molecule has 0 radical (unpaired) electrons. The monoisotopic (exact) mass is 349 g/mol. The standard InChI is InChI=1S/C18H19N7O/c1-9-10(2)22-23-16(9)18(26)20-13-5-12-6-15(21-17(12)19-7-13)14-8-25(4)24-11(14)3/h5-8H,1-4H3,(H,19,21)(H,20,26)(H,22,23). The second-order valence-corrected chi connectivity index (χ2v) is 6.41. The van der Waals surface area contributed by atoms with E-state index in [9.17, 15) is 4.79 Å². The Balaban J connectivity index is 1.64. The van der Waals surface area contributed by atoms with Gasteiger partial charge in [-0.15, -0.1) is 0 Å². The van der Waals surface area contributed by atoms with E-state index in [4.69, 9.17) is 0 Å². The van der Waals surface area contributed by atoms with Crippen molar-refractivity contribution in [2.24, 2.45) is 7.05 Å². The molecule has 4 aromatic heterocycles. The van der Waals surface area contributed by atoms with Crippen molar-refractivity contribution in [1.82, 2.24) is 29.9 Å². The van der Waals surface area contributed by atoms with E-state index >= 15 is 0 Å². The minimum atomic E-state index is -0.233. The first kappa shape index (κ1) is 16.1. The van der Waals surface area contributed by atoms with Crippen LogP contribution in [0.5, 0.6) is 0 Å². The molecule has 3 N–H and O–H groups in total. The molecule has 4 rings (SSSR count). The first-order valence-corrected chi connectivity index (χ1v) is 8.24. The number of amides is 1. The Hall–Kier alpha value is -3.42. The zero-order valence-corrected chi connectivity index (χ0v) is 15.0. The summed E-state index contributed by atoms with van der Waals surface area (Å²) in [5, 5.41) is 15.0. The highest BCUT2D eigenvalue weighted by Gasteiger charge is 2.15. The number of aryl methyl sites for hydroxylation is 3. The number of carbonyl (C=O) groups is 1. The molecule has 26 heavy (non-hydrogen) atoms. The van der Waals surface area contributed by atoms with Crippen LogP contribution >= 0.6 is 0 Å². The lowest BCUT2D eigenvalue weighted by Crippen LogP contribution is -2.13. The maximum atomic E-state index is 12.4. The molecule has 4 heterocycles. The summed E-state index contributed by atoms with van der Waals surface area (Å²) in [6.45, 7) is 5.69. The van der Waals surface area contributed by atoms with E-state index in [-0.39, 0.29) is 5.91 Å². The van der Waals surface area contributed by atoms with Gasteiger partial charge in [0.2, 0.25) is 0 Å². The van der Waals surface area contributed by atoms with Crippen LogP contribution in [-0.2, 0) is 7.05 Å². The van der Waals surface area contributed by atoms with Crippen LogP contribution in [0.2, 0.25) is 0 Å². The molecule has 0 spiro atoms. The van der Waals surface area contributed by atoms with E-state index in [0.29, 0.717) is 11.4 Å². The highest BCUT2D eigenvalue weighted by atomic mass is 16.1. The molecule has 0 saturated heterocycles. The van der Waals surface area contributed by atoms with Crippen LogP contribution < -0.4 is 5.32 Å². The highest BCUT2D eigenvalue weighted by molar-refractivity contribution is 6.04. The third-order valence-electron chi connectivity index (χ3n) is 4.51. The van der Waals surface area contributed by atoms with Gasteiger partial charge in [-0.1, -0.05) is 0 Å². The number of hydrogen-bond acceptors (Lipinski definition) is 4. The van der Waals surface area contributed by atoms with Crippen LogP contribution in [0, 0.1) is 20.8 Å². The Labute approximate surface area is 149 Å². The van der Waals surface area contributed by atoms with Gasteiger partial charge in [0.05, 0.1) is 29.0 Å². The van der Waals surface area contributed by atoms with Crippen LogP contribution in [0.1, 0.15) is 27.4 Å². The Bertz CT molecular complexity index is 1130. The Kier molecular flexibility index (Phi) is 3.61. The van der Waals surface area contributed by atoms with Gasteiger partial charge in [-0.2, -0.15) is 10.2 Å². The molecular weight excluding hydrogens is 330 g/mol. The summed E-state index contributed by atoms with van der Waals surface area (Å²) in [4.78, 5) is 20.1. The molecule has 0 fully saturated rings. The second-order valence-electron chi connectivity index (χ2n) is 6.41. The topological polar surface area (TPSA) is 104 Å². The number of pyridine rings is 1. The summed E-state index contributed by atoms with van der Waals surface area (Å²) in [5.41, 5.74) is 6.41. The number of aromatic amines is 2. The lowest BCUT2D eigenvalue weighted by atomic mass is 10.2. The Morgan fingerprint density at radius 1 is 1.19 bits per heavy atom. The number of rotatable bonds is 3. The van der Waals surface area contributed by atoms with Crippen LogP contribution in [0.15, 0.2) is 24.5 Å². The number of hydrogen-bond donors (Lipinski definition) is 3. The first-order chi connectivity index (χ1) is 12.4. The summed E-state index contributed by atoms with van der Waals surface area (Å²) >= 11 is 0. The second kappa shape index (κ2) is 5.83. The van der Waals surface area contributed by atoms with Gasteiger partial charge in [-0.25, -0.2) is 4.98 Å². The largest absolute Gasteiger partial charge is 0.339 e.